The molecule has 13 aromatic rings. The third kappa shape index (κ3) is 24.1. The molecule has 20 heteroatoms. The minimum absolute atomic E-state index is 0. The van der Waals surface area contributed by atoms with Crippen molar-refractivity contribution in [1.29, 1.82) is 0 Å². The van der Waals surface area contributed by atoms with E-state index in [1.165, 1.54) is 58.2 Å². The van der Waals surface area contributed by atoms with Crippen LogP contribution in [0.3, 0.4) is 0 Å². The number of aldehydes is 1. The summed E-state index contributed by atoms with van der Waals surface area (Å²) in [5, 5.41) is 7.35. The van der Waals surface area contributed by atoms with E-state index in [1.54, 1.807) is 65.6 Å². The number of nitrogens with zero attached hydrogens (tertiary/aromatic N) is 7. The molecule has 105 heavy (non-hydrogen) atoms. The Bertz CT molecular complexity index is 5050. The summed E-state index contributed by atoms with van der Waals surface area (Å²) >= 11 is 13.9. The fourth-order valence-corrected chi connectivity index (χ4v) is 19.4. The van der Waals surface area contributed by atoms with E-state index in [2.05, 4.69) is 238 Å². The zero-order valence-corrected chi connectivity index (χ0v) is 66.7. The van der Waals surface area contributed by atoms with E-state index >= 15 is 0 Å². The summed E-state index contributed by atoms with van der Waals surface area (Å²) in [4.78, 5) is 52.1. The number of fused-ring (bicyclic) bond motifs is 4. The summed E-state index contributed by atoms with van der Waals surface area (Å²) < 4.78 is 10.0. The molecule has 0 aliphatic carbocycles. The zero-order chi connectivity index (χ0) is 71.8. The average molecular weight is 1680 g/mol. The molecule has 13 rings (SSSR count). The quantitative estimate of drug-likeness (QED) is 0.0489. The number of allylic oxidation sites excluding steroid dienone is 2. The molecule has 1 amide bonds. The van der Waals surface area contributed by atoms with Crippen molar-refractivity contribution in [2.75, 3.05) is 24.3 Å². The summed E-state index contributed by atoms with van der Waals surface area (Å²) in [6, 6.07) is 64.1. The Morgan fingerprint density at radius 2 is 0.943 bits per heavy atom. The van der Waals surface area contributed by atoms with Crippen LogP contribution in [0.5, 0.6) is 0 Å². The second-order valence-corrected chi connectivity index (χ2v) is 37.0. The van der Waals surface area contributed by atoms with Crippen LogP contribution in [0.15, 0.2) is 218 Å². The molecule has 7 aromatic carbocycles. The predicted octanol–water partition coefficient (Wildman–Crippen LogP) is 19.5. The maximum atomic E-state index is 12.1. The molecule has 0 fully saturated rings. The third-order valence-electron chi connectivity index (χ3n) is 15.4. The molecule has 0 spiro atoms. The van der Waals surface area contributed by atoms with Gasteiger partial charge in [-0.2, -0.15) is 0 Å². The molecule has 0 unspecified atom stereocenters. The number of carbonyl (C=O) groups excluding carboxylic acids is 2. The van der Waals surface area contributed by atoms with Crippen molar-refractivity contribution in [3.8, 4) is 23.7 Å². The first kappa shape index (κ1) is 86.8. The van der Waals surface area contributed by atoms with Crippen molar-refractivity contribution in [3.05, 3.63) is 278 Å². The van der Waals surface area contributed by atoms with Gasteiger partial charge >= 0.3 is 142 Å². The van der Waals surface area contributed by atoms with Crippen LogP contribution in [-0.2, 0) is 30.5 Å². The van der Waals surface area contributed by atoms with Crippen molar-refractivity contribution >= 4 is 181 Å². The number of halogens is 3. The van der Waals surface area contributed by atoms with Gasteiger partial charge in [-0.15, -0.1) is 45.3 Å². The van der Waals surface area contributed by atoms with E-state index in [4.69, 9.17) is 17.1 Å². The van der Waals surface area contributed by atoms with E-state index < -0.39 is 17.0 Å². The van der Waals surface area contributed by atoms with Crippen molar-refractivity contribution in [3.63, 3.8) is 0 Å². The maximum absolute atomic E-state index is 12.1. The van der Waals surface area contributed by atoms with Gasteiger partial charge in [-0.3, -0.25) is 9.69 Å². The van der Waals surface area contributed by atoms with Gasteiger partial charge in [0.2, 0.25) is 0 Å². The van der Waals surface area contributed by atoms with Gasteiger partial charge in [0.05, 0.1) is 40.9 Å². The normalized spacial score (nSPS) is 11.1. The van der Waals surface area contributed by atoms with Crippen LogP contribution < -0.4 is 48.8 Å². The molecule has 0 bridgehead atoms. The van der Waals surface area contributed by atoms with Gasteiger partial charge in [0.1, 0.15) is 32.3 Å². The molecule has 0 saturated heterocycles. The number of nitrogens with two attached hydrogens (primary N) is 1. The molecule has 0 aliphatic rings. The number of pyridine rings is 2. The number of anilines is 2. The zero-order valence-electron chi connectivity index (χ0n) is 58.8. The number of hydrogen-bond donors (Lipinski definition) is 2. The van der Waals surface area contributed by atoms with Gasteiger partial charge in [-0.05, 0) is 170 Å². The molecule has 6 aromatic heterocycles. The Labute approximate surface area is 664 Å². The van der Waals surface area contributed by atoms with Gasteiger partial charge in [0.25, 0.3) is 0 Å². The minimum atomic E-state index is -2.81. The van der Waals surface area contributed by atoms with Crippen LogP contribution in [0.4, 0.5) is 16.4 Å². The molecule has 12 nitrogen and oxygen atoms in total. The van der Waals surface area contributed by atoms with Crippen LogP contribution in [0, 0.1) is 30.3 Å². The molecule has 0 radical (unpaired) electrons. The number of rotatable bonds is 13. The van der Waals surface area contributed by atoms with Crippen molar-refractivity contribution in [2.45, 2.75) is 95.2 Å². The van der Waals surface area contributed by atoms with Crippen molar-refractivity contribution in [1.82, 2.24) is 29.9 Å². The van der Waals surface area contributed by atoms with Crippen LogP contribution in [-0.4, -0.2) is 62.0 Å². The minimum Gasteiger partial charge on any atom is 1.00 e. The molecule has 0 atom stereocenters. The molecule has 0 saturated carbocycles. The van der Waals surface area contributed by atoms with E-state index in [0.717, 1.165) is 94.5 Å². The van der Waals surface area contributed by atoms with E-state index in [-0.39, 0.29) is 40.7 Å². The molecule has 3 N–H and O–H groups in total. The fourth-order valence-electron chi connectivity index (χ4n) is 9.89. The number of aromatic nitrogens is 6. The number of nitrogens with one attached hydrogen (secondary N) is 1. The Morgan fingerprint density at radius 1 is 0.571 bits per heavy atom. The summed E-state index contributed by atoms with van der Waals surface area (Å²) in [7, 11) is 3.47. The summed E-state index contributed by atoms with van der Waals surface area (Å²) in [6.45, 7) is 17.2. The summed E-state index contributed by atoms with van der Waals surface area (Å²) in [6.07, 6.45) is 16.3. The van der Waals surface area contributed by atoms with Crippen LogP contribution >= 0.6 is 82.1 Å². The van der Waals surface area contributed by atoms with Gasteiger partial charge in [0.15, 0.2) is 11.3 Å². The first-order chi connectivity index (χ1) is 48.8. The molecular formula is C85H90Br3N9O3PS4+. The van der Waals surface area contributed by atoms with Gasteiger partial charge in [0, 0.05) is 44.2 Å². The summed E-state index contributed by atoms with van der Waals surface area (Å²) in [5.41, 5.74) is 15.9. The number of aryl methyl sites for hydroxylation is 3. The Morgan fingerprint density at radius 3 is 1.29 bits per heavy atom. The van der Waals surface area contributed by atoms with Gasteiger partial charge in [-0.1, -0.05) is 107 Å². The largest absolute Gasteiger partial charge is 1.00 e. The van der Waals surface area contributed by atoms with Crippen molar-refractivity contribution < 1.29 is 32.7 Å². The SMILES string of the molecule is C.C.C.CCc1ccc2nc(/C=C/C#Cc3ccc(N(C)C(=O)OC(C)(C)C)nc3)sc2c1.CCc1ccc2nc(C=CBr)sc2c1.CCc1ccc2nc(C=O)sc2c1.CNc1ccc(C#C/C=C/c2nc3ccc(CN)cc3s2)cn1.[Br-].[CH2+]P(Br)(c1ccccc1)(c1ccccc1)c1ccccc1.[H+]. The van der Waals surface area contributed by atoms with Gasteiger partial charge in [-0.25, -0.2) is 34.7 Å². The Balaban J connectivity index is 0.000000285. The predicted molar refractivity (Wildman–Crippen MR) is 463 cm³/mol. The topological polar surface area (TPSA) is 162 Å². The molecule has 542 valence electrons. The summed E-state index contributed by atoms with van der Waals surface area (Å²) in [5.74, 6) is 13.5. The van der Waals surface area contributed by atoms with Crippen LogP contribution in [0.1, 0.15) is 123 Å². The monoisotopic (exact) mass is 1680 g/mol. The standard InChI is InChI=1S/C24H25N3O2S.C19H17BrP.C18H16N4S.C11H10BrNS.C10H9NOS.3CH4.BrH/c1-6-17-11-13-19-20(15-17)30-22(26-19)10-8-7-9-18-12-14-21(25-16-18)27(5)23(28)29-24(2,3)4;1-21(20,17-11-5-2-6-12-17,18-13-7-3-8-14-18)19-15-9-4-10-16-19;1-20-17-9-7-13(12-21-17)4-2-3-5-18-22-15-8-6-14(11-19)10-16(15)23-18;1-2-8-3-4-9-10(7-8)14-11(13-9)5-6-12;1-2-7-3-4-8-9(5-7)13-10(6-12)11-8;;;;/h8,10-16H,6H2,1-5H3;2-16H,1H2;3,5-10,12H,11,19H2,1H3,(H,20,21);3-7H,2H2,1H3;3-6H,2H2,1H3;3*1H4;1H/q;+1;;;;;;;/b10-8+;;5-3+;;;;;;. The van der Waals surface area contributed by atoms with Gasteiger partial charge < -0.3 is 32.8 Å². The van der Waals surface area contributed by atoms with Crippen LogP contribution in [0.2, 0.25) is 0 Å². The van der Waals surface area contributed by atoms with Crippen molar-refractivity contribution in [2.24, 2.45) is 5.73 Å². The van der Waals surface area contributed by atoms with E-state index in [9.17, 15) is 9.59 Å². The fraction of sp³-hybridized carbons (Fsp3) is 0.188. The smallest absolute Gasteiger partial charge is 1.00 e. The number of ether oxygens (including phenoxy) is 1. The Hall–Kier alpha value is -8.82. The second kappa shape index (κ2) is 41.8. The second-order valence-electron chi connectivity index (χ2n) is 23.6. The number of thiazole rings is 4. The number of carbonyl (C=O) groups is 2. The van der Waals surface area contributed by atoms with Crippen LogP contribution in [0.25, 0.3) is 59.1 Å². The molecule has 6 heterocycles. The Kier molecular flexibility index (Phi) is 34.5. The molecule has 0 aliphatic heterocycles. The van der Waals surface area contributed by atoms with E-state index in [0.29, 0.717) is 17.4 Å². The van der Waals surface area contributed by atoms with E-state index in [1.807, 2.05) is 112 Å². The average Bonchev–Trinajstić information content (AvgIpc) is 0.824. The first-order valence-electron chi connectivity index (χ1n) is 32.5. The number of benzene rings is 7. The number of hydrogen-bond acceptors (Lipinski definition) is 15. The third-order valence-corrected chi connectivity index (χ3v) is 27.3. The maximum Gasteiger partial charge on any atom is 1.00 e. The number of amides is 1. The molecular weight excluding hydrogens is 1590 g/mol. The first-order valence-corrected chi connectivity index (χ1v) is 41.1.